The highest BCUT2D eigenvalue weighted by Crippen LogP contribution is 2.44. The van der Waals surface area contributed by atoms with Crippen molar-refractivity contribution in [1.82, 2.24) is 15.6 Å². The van der Waals surface area contributed by atoms with Crippen LogP contribution in [0.3, 0.4) is 0 Å². The van der Waals surface area contributed by atoms with Crippen LogP contribution in [0.4, 0.5) is 10.6 Å². The van der Waals surface area contributed by atoms with E-state index in [9.17, 15) is 19.5 Å². The minimum absolute atomic E-state index is 0.0923. The number of fused-ring (bicyclic) bond motifs is 3. The van der Waals surface area contributed by atoms with E-state index in [1.165, 1.54) is 0 Å². The number of rotatable bonds is 6. The largest absolute Gasteiger partial charge is 0.481 e. The van der Waals surface area contributed by atoms with E-state index in [1.807, 2.05) is 48.5 Å². The number of carboxylic acids is 1. The number of hydrogen-bond donors (Lipinski definition) is 3. The zero-order valence-electron chi connectivity index (χ0n) is 18.8. The summed E-state index contributed by atoms with van der Waals surface area (Å²) in [4.78, 5) is 36.8. The number of carbonyl (C=O) groups is 3. The van der Waals surface area contributed by atoms with E-state index in [2.05, 4.69) is 25.6 Å². The molecule has 0 unspecified atom stereocenters. The van der Waals surface area contributed by atoms with Gasteiger partial charge in [-0.2, -0.15) is 0 Å². The molecule has 35 heavy (non-hydrogen) atoms. The van der Waals surface area contributed by atoms with Crippen LogP contribution in [0.25, 0.3) is 11.1 Å². The molecule has 0 aliphatic heterocycles. The Morgan fingerprint density at radius 1 is 0.971 bits per heavy atom. The van der Waals surface area contributed by atoms with Crippen molar-refractivity contribution in [1.29, 1.82) is 0 Å². The number of nitrogens with one attached hydrogen (secondary N) is 2. The molecule has 1 fully saturated rings. The first-order valence-electron chi connectivity index (χ1n) is 11.5. The number of aromatic nitrogens is 2. The monoisotopic (exact) mass is 476 g/mol. The highest BCUT2D eigenvalue weighted by molar-refractivity contribution is 6.00. The standard InChI is InChI=1S/C25H24N4O6/c30-23(26-20-12-6-5-11-18(20)24(31)32)21-22(29-35-28-21)27-25(33)34-13-19-16-9-3-1-7-14(16)15-8-2-4-10-17(15)19/h1-4,7-10,18-20H,5-6,11-13H2,(H,26,30)(H,31,32)(H,27,29,33)/t18-,20+/m0/s1. The van der Waals surface area contributed by atoms with Gasteiger partial charge in [0.2, 0.25) is 11.5 Å². The highest BCUT2D eigenvalue weighted by atomic mass is 16.6. The predicted octanol–water partition coefficient (Wildman–Crippen LogP) is 3.80. The van der Waals surface area contributed by atoms with E-state index in [1.54, 1.807) is 0 Å². The molecule has 1 aromatic heterocycles. The molecule has 2 aliphatic rings. The Kier molecular flexibility index (Phi) is 6.17. The lowest BCUT2D eigenvalue weighted by molar-refractivity contribution is -0.143. The lowest BCUT2D eigenvalue weighted by atomic mass is 9.84. The molecule has 2 amide bonds. The Morgan fingerprint density at radius 2 is 1.63 bits per heavy atom. The summed E-state index contributed by atoms with van der Waals surface area (Å²) in [6, 6.07) is 15.4. The normalized spacial score (nSPS) is 18.9. The maximum atomic E-state index is 12.7. The number of nitrogens with zero attached hydrogens (tertiary/aromatic N) is 2. The molecule has 1 heterocycles. The van der Waals surface area contributed by atoms with Crippen molar-refractivity contribution in [2.75, 3.05) is 11.9 Å². The van der Waals surface area contributed by atoms with Crippen molar-refractivity contribution in [3.05, 3.63) is 65.4 Å². The van der Waals surface area contributed by atoms with Crippen molar-refractivity contribution in [3.8, 4) is 11.1 Å². The molecule has 0 saturated heterocycles. The summed E-state index contributed by atoms with van der Waals surface area (Å²) >= 11 is 0. The summed E-state index contributed by atoms with van der Waals surface area (Å²) in [5, 5.41) is 21.7. The predicted molar refractivity (Wildman–Crippen MR) is 124 cm³/mol. The maximum absolute atomic E-state index is 12.7. The molecule has 180 valence electrons. The van der Waals surface area contributed by atoms with E-state index in [4.69, 9.17) is 4.74 Å². The lowest BCUT2D eigenvalue weighted by Crippen LogP contribution is -2.45. The van der Waals surface area contributed by atoms with Gasteiger partial charge in [0.15, 0.2) is 0 Å². The molecule has 5 rings (SSSR count). The van der Waals surface area contributed by atoms with Crippen LogP contribution >= 0.6 is 0 Å². The van der Waals surface area contributed by atoms with Gasteiger partial charge in [-0.25, -0.2) is 9.42 Å². The molecule has 3 aromatic rings. The Bertz CT molecular complexity index is 1230. The number of ether oxygens (including phenoxy) is 1. The second-order valence-corrected chi connectivity index (χ2v) is 8.72. The fraction of sp³-hybridized carbons (Fsp3) is 0.320. The van der Waals surface area contributed by atoms with Gasteiger partial charge in [-0.1, -0.05) is 61.4 Å². The highest BCUT2D eigenvalue weighted by Gasteiger charge is 2.34. The molecular formula is C25H24N4O6. The van der Waals surface area contributed by atoms with E-state index < -0.39 is 29.9 Å². The molecule has 2 aliphatic carbocycles. The molecule has 2 atom stereocenters. The third-order valence-corrected chi connectivity index (χ3v) is 6.67. The second kappa shape index (κ2) is 9.57. The first-order valence-corrected chi connectivity index (χ1v) is 11.5. The molecule has 10 nitrogen and oxygen atoms in total. The smallest absolute Gasteiger partial charge is 0.412 e. The maximum Gasteiger partial charge on any atom is 0.412 e. The zero-order valence-corrected chi connectivity index (χ0v) is 18.8. The molecule has 0 radical (unpaired) electrons. The van der Waals surface area contributed by atoms with E-state index in [0.29, 0.717) is 12.8 Å². The molecule has 1 saturated carbocycles. The first kappa shape index (κ1) is 22.6. The average Bonchev–Trinajstić information content (AvgIpc) is 3.45. The van der Waals surface area contributed by atoms with Crippen LogP contribution in [0.1, 0.15) is 53.2 Å². The SMILES string of the molecule is O=C(Nc1nonc1C(=O)N[C@@H]1CCCC[C@@H]1C(=O)O)OCC1c2ccccc2-c2ccccc21. The summed E-state index contributed by atoms with van der Waals surface area (Å²) in [7, 11) is 0. The van der Waals surface area contributed by atoms with Crippen LogP contribution < -0.4 is 10.6 Å². The van der Waals surface area contributed by atoms with Gasteiger partial charge in [-0.05, 0) is 45.4 Å². The van der Waals surface area contributed by atoms with Crippen LogP contribution in [0.2, 0.25) is 0 Å². The van der Waals surface area contributed by atoms with Crippen LogP contribution in [-0.2, 0) is 9.53 Å². The number of amides is 2. The topological polar surface area (TPSA) is 144 Å². The Balaban J connectivity index is 1.23. The van der Waals surface area contributed by atoms with Gasteiger partial charge in [0.05, 0.1) is 5.92 Å². The minimum atomic E-state index is -0.953. The average molecular weight is 476 g/mol. The van der Waals surface area contributed by atoms with Gasteiger partial charge < -0.3 is 15.2 Å². The molecule has 3 N–H and O–H groups in total. The number of carboxylic acid groups (broad SMARTS) is 1. The molecular weight excluding hydrogens is 452 g/mol. The Hall–Kier alpha value is -4.21. The summed E-state index contributed by atoms with van der Waals surface area (Å²) in [5.41, 5.74) is 4.13. The van der Waals surface area contributed by atoms with Gasteiger partial charge in [0, 0.05) is 12.0 Å². The Labute approximate surface area is 200 Å². The minimum Gasteiger partial charge on any atom is -0.481 e. The van der Waals surface area contributed by atoms with Gasteiger partial charge >= 0.3 is 12.1 Å². The lowest BCUT2D eigenvalue weighted by Gasteiger charge is -2.28. The number of anilines is 1. The molecule has 10 heteroatoms. The van der Waals surface area contributed by atoms with Crippen molar-refractivity contribution in [2.45, 2.75) is 37.6 Å². The van der Waals surface area contributed by atoms with Crippen LogP contribution in [-0.4, -0.2) is 46.0 Å². The fourth-order valence-corrected chi connectivity index (χ4v) is 4.99. The summed E-state index contributed by atoms with van der Waals surface area (Å²) in [6.45, 7) is 0.0923. The van der Waals surface area contributed by atoms with E-state index in [0.717, 1.165) is 35.1 Å². The first-order chi connectivity index (χ1) is 17.0. The van der Waals surface area contributed by atoms with Gasteiger partial charge in [0.1, 0.15) is 6.61 Å². The van der Waals surface area contributed by atoms with Crippen LogP contribution in [0.5, 0.6) is 0 Å². The van der Waals surface area contributed by atoms with Crippen molar-refractivity contribution in [3.63, 3.8) is 0 Å². The van der Waals surface area contributed by atoms with Crippen molar-refractivity contribution in [2.24, 2.45) is 5.92 Å². The van der Waals surface area contributed by atoms with Gasteiger partial charge in [-0.3, -0.25) is 14.9 Å². The number of carbonyl (C=O) groups excluding carboxylic acids is 2. The van der Waals surface area contributed by atoms with Gasteiger partial charge in [-0.15, -0.1) is 0 Å². The molecule has 2 aromatic carbocycles. The summed E-state index contributed by atoms with van der Waals surface area (Å²) in [6.07, 6.45) is 1.84. The Morgan fingerprint density at radius 3 is 2.31 bits per heavy atom. The van der Waals surface area contributed by atoms with E-state index in [-0.39, 0.29) is 24.0 Å². The molecule has 0 bridgehead atoms. The number of aliphatic carboxylic acids is 1. The summed E-state index contributed by atoms with van der Waals surface area (Å²) < 4.78 is 10.1. The van der Waals surface area contributed by atoms with E-state index >= 15 is 0 Å². The summed E-state index contributed by atoms with van der Waals surface area (Å²) in [5.74, 6) is -2.61. The molecule has 0 spiro atoms. The number of benzene rings is 2. The third-order valence-electron chi connectivity index (χ3n) is 6.67. The van der Waals surface area contributed by atoms with Gasteiger partial charge in [0.25, 0.3) is 5.91 Å². The quantitative estimate of drug-likeness (QED) is 0.487. The van der Waals surface area contributed by atoms with Crippen molar-refractivity contribution < 1.29 is 28.9 Å². The zero-order chi connectivity index (χ0) is 24.4. The second-order valence-electron chi connectivity index (χ2n) is 8.72. The fourth-order valence-electron chi connectivity index (χ4n) is 4.99. The number of hydrogen-bond acceptors (Lipinski definition) is 7. The van der Waals surface area contributed by atoms with Crippen LogP contribution in [0.15, 0.2) is 53.2 Å². The van der Waals surface area contributed by atoms with Crippen LogP contribution in [0, 0.1) is 5.92 Å². The third kappa shape index (κ3) is 4.46. The van der Waals surface area contributed by atoms with Crippen molar-refractivity contribution >= 4 is 23.8 Å².